The highest BCUT2D eigenvalue weighted by molar-refractivity contribution is 7.99. The molecule has 0 aliphatic carbocycles. The topological polar surface area (TPSA) is 124 Å². The third kappa shape index (κ3) is 4.72. The van der Waals surface area contributed by atoms with Gasteiger partial charge in [-0.1, -0.05) is 41.9 Å². The number of anilines is 2. The molecule has 0 bridgehead atoms. The Morgan fingerprint density at radius 1 is 1.18 bits per heavy atom. The molecule has 0 amide bonds. The zero-order valence-corrected chi connectivity index (χ0v) is 15.9. The molecular weight excluding hydrogens is 450 g/mol. The third-order valence-corrected chi connectivity index (χ3v) is 4.41. The summed E-state index contributed by atoms with van der Waals surface area (Å²) in [7, 11) is 0. The number of benzene rings is 1. The Balaban J connectivity index is 2.74. The largest absolute Gasteiger partial charge is 0.418 e. The second kappa shape index (κ2) is 8.32. The van der Waals surface area contributed by atoms with E-state index in [1.165, 1.54) is 0 Å². The lowest BCUT2D eigenvalue weighted by atomic mass is 10.1. The Morgan fingerprint density at radius 3 is 2.32 bits per heavy atom. The number of hydrogen-bond donors (Lipinski definition) is 1. The van der Waals surface area contributed by atoms with Gasteiger partial charge >= 0.3 is 17.6 Å². The van der Waals surface area contributed by atoms with E-state index in [2.05, 4.69) is 15.3 Å². The molecule has 28 heavy (non-hydrogen) atoms. The fourth-order valence-corrected chi connectivity index (χ4v) is 3.20. The Kier molecular flexibility index (Phi) is 6.52. The molecule has 0 aliphatic rings. The van der Waals surface area contributed by atoms with Gasteiger partial charge in [-0.2, -0.15) is 13.2 Å². The molecule has 0 radical (unpaired) electrons. The molecule has 1 N–H and O–H groups in total. The first-order valence-electron chi connectivity index (χ1n) is 7.12. The lowest BCUT2D eigenvalue weighted by Crippen LogP contribution is -2.11. The van der Waals surface area contributed by atoms with Gasteiger partial charge in [0.1, 0.15) is 16.0 Å². The summed E-state index contributed by atoms with van der Waals surface area (Å²) in [5.41, 5.74) is -5.10. The number of aromatic nitrogens is 2. The van der Waals surface area contributed by atoms with Gasteiger partial charge in [-0.25, -0.2) is 9.97 Å². The highest BCUT2D eigenvalue weighted by Crippen LogP contribution is 2.48. The van der Waals surface area contributed by atoms with Crippen LogP contribution >= 0.6 is 35.0 Å². The van der Waals surface area contributed by atoms with Crippen LogP contribution in [0.15, 0.2) is 17.3 Å². The van der Waals surface area contributed by atoms with Crippen molar-refractivity contribution in [1.29, 1.82) is 0 Å². The molecule has 0 fully saturated rings. The van der Waals surface area contributed by atoms with Gasteiger partial charge in [0.15, 0.2) is 10.8 Å². The van der Waals surface area contributed by atoms with Gasteiger partial charge < -0.3 is 5.32 Å². The van der Waals surface area contributed by atoms with Crippen LogP contribution < -0.4 is 5.32 Å². The molecule has 0 unspecified atom stereocenters. The van der Waals surface area contributed by atoms with Crippen LogP contribution in [0.5, 0.6) is 0 Å². The van der Waals surface area contributed by atoms with E-state index in [1.807, 2.05) is 0 Å². The third-order valence-electron chi connectivity index (χ3n) is 3.10. The normalized spacial score (nSPS) is 11.4. The lowest BCUT2D eigenvalue weighted by molar-refractivity contribution is -0.392. The molecule has 1 aromatic carbocycles. The van der Waals surface area contributed by atoms with Crippen molar-refractivity contribution in [1.82, 2.24) is 9.97 Å². The monoisotopic (exact) mass is 457 g/mol. The number of nitro benzene ring substituents is 2. The van der Waals surface area contributed by atoms with E-state index < -0.39 is 43.7 Å². The fraction of sp³-hybridized carbons (Fsp3) is 0.231. The average Bonchev–Trinajstić information content (AvgIpc) is 2.52. The predicted octanol–water partition coefficient (Wildman–Crippen LogP) is 5.47. The number of hydrogen-bond acceptors (Lipinski definition) is 8. The molecule has 150 valence electrons. The zero-order valence-electron chi connectivity index (χ0n) is 13.6. The molecule has 0 saturated heterocycles. The number of rotatable bonds is 6. The molecule has 9 nitrogen and oxygen atoms in total. The fourth-order valence-electron chi connectivity index (χ4n) is 2.06. The van der Waals surface area contributed by atoms with Crippen LogP contribution in [0.2, 0.25) is 10.2 Å². The van der Waals surface area contributed by atoms with Crippen molar-refractivity contribution in [2.24, 2.45) is 0 Å². The van der Waals surface area contributed by atoms with Crippen LogP contribution in [0, 0.1) is 20.2 Å². The number of thioether (sulfide) groups is 1. The van der Waals surface area contributed by atoms with E-state index in [4.69, 9.17) is 23.2 Å². The van der Waals surface area contributed by atoms with E-state index in [1.54, 1.807) is 6.92 Å². The summed E-state index contributed by atoms with van der Waals surface area (Å²) < 4.78 is 39.3. The summed E-state index contributed by atoms with van der Waals surface area (Å²) in [5.74, 6) is 0.351. The van der Waals surface area contributed by atoms with Crippen molar-refractivity contribution in [3.05, 3.63) is 48.1 Å². The average molecular weight is 458 g/mol. The smallest absolute Gasteiger partial charge is 0.329 e. The van der Waals surface area contributed by atoms with Crippen LogP contribution in [-0.2, 0) is 6.18 Å². The Morgan fingerprint density at radius 2 is 1.82 bits per heavy atom. The van der Waals surface area contributed by atoms with Gasteiger partial charge in [0.05, 0.1) is 15.4 Å². The summed E-state index contributed by atoms with van der Waals surface area (Å²) in [6.45, 7) is 1.79. The van der Waals surface area contributed by atoms with Crippen molar-refractivity contribution in [3.63, 3.8) is 0 Å². The molecule has 15 heteroatoms. The second-order valence-electron chi connectivity index (χ2n) is 4.91. The maximum atomic E-state index is 13.1. The first-order valence-corrected chi connectivity index (χ1v) is 8.86. The van der Waals surface area contributed by atoms with Gasteiger partial charge in [0, 0.05) is 12.1 Å². The highest BCUT2D eigenvalue weighted by atomic mass is 35.5. The van der Waals surface area contributed by atoms with Gasteiger partial charge in [-0.3, -0.25) is 20.2 Å². The minimum Gasteiger partial charge on any atom is -0.329 e. The lowest BCUT2D eigenvalue weighted by Gasteiger charge is -2.13. The van der Waals surface area contributed by atoms with Gasteiger partial charge in [0.25, 0.3) is 0 Å². The van der Waals surface area contributed by atoms with Crippen LogP contribution in [0.1, 0.15) is 12.5 Å². The maximum absolute atomic E-state index is 13.1. The minimum atomic E-state index is -5.14. The number of nitrogens with zero attached hydrogens (tertiary/aromatic N) is 4. The number of alkyl halides is 3. The van der Waals surface area contributed by atoms with E-state index in [0.29, 0.717) is 5.75 Å². The minimum absolute atomic E-state index is 0.0863. The van der Waals surface area contributed by atoms with Crippen LogP contribution in [0.25, 0.3) is 0 Å². The van der Waals surface area contributed by atoms with Gasteiger partial charge in [0.2, 0.25) is 0 Å². The number of nitro groups is 2. The van der Waals surface area contributed by atoms with Crippen molar-refractivity contribution in [3.8, 4) is 0 Å². The molecule has 1 aromatic heterocycles. The van der Waals surface area contributed by atoms with Crippen molar-refractivity contribution < 1.29 is 23.0 Å². The first-order chi connectivity index (χ1) is 13.0. The summed E-state index contributed by atoms with van der Waals surface area (Å²) in [5, 5.41) is 23.7. The quantitative estimate of drug-likeness (QED) is 0.199. The summed E-state index contributed by atoms with van der Waals surface area (Å²) in [6, 6.07) is 1.21. The standard InChI is InChI=1S/C13H8Cl2F3N5O4S/c1-2-28-12-19-7(14)4-8(21-12)20-10-6(22(24)25)3-5(13(16,17)18)9(15)11(10)23(26)27/h3-4H,2H2,1H3,(H,19,20,21). The first kappa shape index (κ1) is 21.9. The molecule has 0 aliphatic heterocycles. The SMILES string of the molecule is CCSc1nc(Cl)cc(Nc2c([N+](=O)[O-])cc(C(F)(F)F)c(Cl)c2[N+](=O)[O-])n1. The number of halogens is 5. The van der Waals surface area contributed by atoms with Crippen LogP contribution in [0.4, 0.5) is 36.1 Å². The molecular formula is C13H8Cl2F3N5O4S. The Hall–Kier alpha value is -2.38. The Bertz CT molecular complexity index is 961. The Labute approximate surface area is 168 Å². The van der Waals surface area contributed by atoms with E-state index >= 15 is 0 Å². The summed E-state index contributed by atoms with van der Waals surface area (Å²) in [6.07, 6.45) is -5.14. The molecule has 0 spiro atoms. The van der Waals surface area contributed by atoms with E-state index in [-0.39, 0.29) is 22.2 Å². The molecule has 2 aromatic rings. The van der Waals surface area contributed by atoms with Crippen molar-refractivity contribution in [2.75, 3.05) is 11.1 Å². The van der Waals surface area contributed by atoms with Crippen molar-refractivity contribution >= 4 is 57.8 Å². The number of nitrogens with one attached hydrogen (secondary N) is 1. The molecule has 0 saturated carbocycles. The van der Waals surface area contributed by atoms with E-state index in [0.717, 1.165) is 17.8 Å². The van der Waals surface area contributed by atoms with Gasteiger partial charge in [-0.15, -0.1) is 0 Å². The summed E-state index contributed by atoms with van der Waals surface area (Å²) >= 11 is 12.5. The molecule has 0 atom stereocenters. The maximum Gasteiger partial charge on any atom is 0.418 e. The summed E-state index contributed by atoms with van der Waals surface area (Å²) in [4.78, 5) is 28.0. The van der Waals surface area contributed by atoms with Gasteiger partial charge in [-0.05, 0) is 5.75 Å². The second-order valence-corrected chi connectivity index (χ2v) is 6.91. The molecule has 1 heterocycles. The zero-order chi connectivity index (χ0) is 21.2. The predicted molar refractivity (Wildman–Crippen MR) is 96.5 cm³/mol. The molecule has 2 rings (SSSR count). The van der Waals surface area contributed by atoms with Crippen molar-refractivity contribution in [2.45, 2.75) is 18.3 Å². The highest BCUT2D eigenvalue weighted by Gasteiger charge is 2.42. The van der Waals surface area contributed by atoms with Crippen LogP contribution in [-0.4, -0.2) is 25.6 Å². The van der Waals surface area contributed by atoms with E-state index in [9.17, 15) is 33.4 Å². The van der Waals surface area contributed by atoms with Crippen LogP contribution in [0.3, 0.4) is 0 Å².